The molecule has 3 rings (SSSR count). The van der Waals surface area contributed by atoms with Gasteiger partial charge in [0.05, 0.1) is 10.6 Å². The largest absolute Gasteiger partial charge is 0.320 e. The summed E-state index contributed by atoms with van der Waals surface area (Å²) < 4.78 is 0. The van der Waals surface area contributed by atoms with Crippen molar-refractivity contribution in [1.29, 1.82) is 0 Å². The van der Waals surface area contributed by atoms with Crippen molar-refractivity contribution < 1.29 is 14.5 Å². The van der Waals surface area contributed by atoms with E-state index < -0.39 is 16.1 Å². The lowest BCUT2D eigenvalue weighted by Gasteiger charge is -2.07. The number of anilines is 1. The molecule has 1 heterocycles. The summed E-state index contributed by atoms with van der Waals surface area (Å²) >= 11 is 1.09. The molecular formula is C19H17N5O4S. The highest BCUT2D eigenvalue weighted by Crippen LogP contribution is 2.26. The van der Waals surface area contributed by atoms with Crippen LogP contribution in [0.1, 0.15) is 18.9 Å². The minimum atomic E-state index is -0.691. The summed E-state index contributed by atoms with van der Waals surface area (Å²) in [4.78, 5) is 34.8. The van der Waals surface area contributed by atoms with Crippen LogP contribution in [0.4, 0.5) is 11.4 Å². The normalized spacial score (nSPS) is 17.8. The quantitative estimate of drug-likeness (QED) is 0.429. The van der Waals surface area contributed by atoms with Gasteiger partial charge in [-0.1, -0.05) is 54.2 Å². The Labute approximate surface area is 170 Å². The minimum Gasteiger partial charge on any atom is -0.320 e. The summed E-state index contributed by atoms with van der Waals surface area (Å²) in [6, 6.07) is 15.3. The van der Waals surface area contributed by atoms with Crippen molar-refractivity contribution in [3.63, 3.8) is 0 Å². The monoisotopic (exact) mass is 411 g/mol. The zero-order valence-corrected chi connectivity index (χ0v) is 16.2. The maximum absolute atomic E-state index is 12.3. The van der Waals surface area contributed by atoms with Crippen LogP contribution in [0.5, 0.6) is 0 Å². The van der Waals surface area contributed by atoms with Crippen LogP contribution in [0.2, 0.25) is 0 Å². The van der Waals surface area contributed by atoms with Gasteiger partial charge in [-0.05, 0) is 18.6 Å². The molecule has 0 aromatic heterocycles. The molecule has 0 unspecified atom stereocenters. The number of rotatable bonds is 6. The van der Waals surface area contributed by atoms with Crippen molar-refractivity contribution in [2.45, 2.75) is 18.6 Å². The molecule has 2 N–H and O–H groups in total. The van der Waals surface area contributed by atoms with Crippen LogP contribution in [0.3, 0.4) is 0 Å². The first-order valence-electron chi connectivity index (χ1n) is 8.62. The Morgan fingerprint density at radius 2 is 1.90 bits per heavy atom. The number of hydrogen-bond donors (Lipinski definition) is 2. The lowest BCUT2D eigenvalue weighted by Crippen LogP contribution is -2.28. The molecule has 2 amide bonds. The number of carbonyl (C=O) groups excluding carboxylic acids is 2. The summed E-state index contributed by atoms with van der Waals surface area (Å²) in [6.45, 7) is 1.80. The Kier molecular flexibility index (Phi) is 6.35. The van der Waals surface area contributed by atoms with Gasteiger partial charge in [0.2, 0.25) is 11.8 Å². The van der Waals surface area contributed by atoms with E-state index in [-0.39, 0.29) is 23.7 Å². The Bertz CT molecular complexity index is 1010. The smallest absolute Gasteiger partial charge is 0.292 e. The van der Waals surface area contributed by atoms with Gasteiger partial charge in [-0.25, -0.2) is 0 Å². The second kappa shape index (κ2) is 9.11. The van der Waals surface area contributed by atoms with Gasteiger partial charge in [-0.15, -0.1) is 5.10 Å². The van der Waals surface area contributed by atoms with Crippen LogP contribution in [0, 0.1) is 10.1 Å². The lowest BCUT2D eigenvalue weighted by molar-refractivity contribution is -0.383. The molecule has 0 aliphatic carbocycles. The van der Waals surface area contributed by atoms with E-state index in [0.29, 0.717) is 10.9 Å². The Morgan fingerprint density at radius 3 is 2.62 bits per heavy atom. The summed E-state index contributed by atoms with van der Waals surface area (Å²) in [5.74, 6) is -0.865. The lowest BCUT2D eigenvalue weighted by atomic mass is 10.1. The number of amides is 2. The van der Waals surface area contributed by atoms with Gasteiger partial charge in [0, 0.05) is 12.5 Å². The molecule has 2 aromatic carbocycles. The number of nitrogens with zero attached hydrogens (tertiary/aromatic N) is 3. The third-order valence-corrected chi connectivity index (χ3v) is 5.08. The van der Waals surface area contributed by atoms with Crippen LogP contribution < -0.4 is 10.6 Å². The maximum Gasteiger partial charge on any atom is 0.292 e. The number of benzene rings is 2. The van der Waals surface area contributed by atoms with Crippen molar-refractivity contribution in [2.75, 3.05) is 5.32 Å². The third kappa shape index (κ3) is 5.26. The van der Waals surface area contributed by atoms with E-state index in [0.717, 1.165) is 17.3 Å². The Morgan fingerprint density at radius 1 is 1.21 bits per heavy atom. The second-order valence-electron chi connectivity index (χ2n) is 6.08. The van der Waals surface area contributed by atoms with Crippen molar-refractivity contribution in [1.82, 2.24) is 5.32 Å². The van der Waals surface area contributed by atoms with Gasteiger partial charge >= 0.3 is 0 Å². The molecule has 9 nitrogen and oxygen atoms in total. The van der Waals surface area contributed by atoms with Crippen molar-refractivity contribution >= 4 is 45.8 Å². The van der Waals surface area contributed by atoms with Crippen LogP contribution in [-0.4, -0.2) is 32.9 Å². The topological polar surface area (TPSA) is 126 Å². The molecule has 0 bridgehead atoms. The fourth-order valence-electron chi connectivity index (χ4n) is 2.55. The molecule has 1 fully saturated rings. The predicted molar refractivity (Wildman–Crippen MR) is 112 cm³/mol. The Balaban J connectivity index is 1.62. The van der Waals surface area contributed by atoms with E-state index >= 15 is 0 Å². The van der Waals surface area contributed by atoms with Gasteiger partial charge in [0.1, 0.15) is 10.9 Å². The first kappa shape index (κ1) is 20.2. The number of carbonyl (C=O) groups is 2. The number of hydrogen-bond acceptors (Lipinski definition) is 7. The molecule has 1 atom stereocenters. The highest BCUT2D eigenvalue weighted by Gasteiger charge is 2.32. The third-order valence-electron chi connectivity index (χ3n) is 4.00. The number of nitrogens with one attached hydrogen (secondary N) is 2. The fourth-order valence-corrected chi connectivity index (χ4v) is 3.47. The minimum absolute atomic E-state index is 0.0860. The van der Waals surface area contributed by atoms with E-state index in [2.05, 4.69) is 20.8 Å². The number of amidine groups is 1. The van der Waals surface area contributed by atoms with Crippen LogP contribution in [-0.2, 0) is 9.59 Å². The molecule has 10 heteroatoms. The van der Waals surface area contributed by atoms with Gasteiger partial charge in [0.15, 0.2) is 5.17 Å². The van der Waals surface area contributed by atoms with E-state index in [1.807, 2.05) is 30.3 Å². The predicted octanol–water partition coefficient (Wildman–Crippen LogP) is 2.94. The highest BCUT2D eigenvalue weighted by molar-refractivity contribution is 8.15. The standard InChI is InChI=1S/C19H17N5O4S/c1-12(13-7-3-2-4-8-13)22-23-19-21-18(26)16(29-19)11-17(25)20-14-9-5-6-10-15(14)24(27)28/h2-10,16H,11H2,1H3,(H,20,25)(H,21,23,26)/b22-12-/t16-/m0/s1. The average molecular weight is 411 g/mol. The number of para-hydroxylation sites is 2. The zero-order valence-electron chi connectivity index (χ0n) is 15.4. The maximum atomic E-state index is 12.3. The average Bonchev–Trinajstić information content (AvgIpc) is 3.06. The molecule has 29 heavy (non-hydrogen) atoms. The Hall–Kier alpha value is -3.53. The molecule has 1 aliphatic heterocycles. The van der Waals surface area contributed by atoms with Gasteiger partial charge in [-0.3, -0.25) is 19.7 Å². The SMILES string of the molecule is C/C(=N/N=C1\NC(=O)[C@H](CC(=O)Nc2ccccc2[N+](=O)[O-])S1)c1ccccc1. The van der Waals surface area contributed by atoms with E-state index in [1.54, 1.807) is 13.0 Å². The van der Waals surface area contributed by atoms with Gasteiger partial charge in [0.25, 0.3) is 5.69 Å². The van der Waals surface area contributed by atoms with Gasteiger partial charge < -0.3 is 10.6 Å². The second-order valence-corrected chi connectivity index (χ2v) is 7.27. The number of nitro benzene ring substituents is 1. The zero-order chi connectivity index (χ0) is 20.8. The van der Waals surface area contributed by atoms with Crippen LogP contribution in [0.25, 0.3) is 0 Å². The molecule has 0 saturated carbocycles. The molecule has 148 valence electrons. The summed E-state index contributed by atoms with van der Waals surface area (Å²) in [6.07, 6.45) is -0.150. The molecule has 2 aromatic rings. The fraction of sp³-hybridized carbons (Fsp3) is 0.158. The molecule has 1 saturated heterocycles. The van der Waals surface area contributed by atoms with E-state index in [1.165, 1.54) is 18.2 Å². The molecule has 1 aliphatic rings. The number of nitro groups is 1. The molecular weight excluding hydrogens is 394 g/mol. The molecule has 0 spiro atoms. The summed E-state index contributed by atoms with van der Waals surface area (Å²) in [5.41, 5.74) is 1.47. The van der Waals surface area contributed by atoms with E-state index in [9.17, 15) is 19.7 Å². The van der Waals surface area contributed by atoms with Crippen molar-refractivity contribution in [3.8, 4) is 0 Å². The number of thioether (sulfide) groups is 1. The molecule has 0 radical (unpaired) electrons. The summed E-state index contributed by atoms with van der Waals surface area (Å²) in [7, 11) is 0. The van der Waals surface area contributed by atoms with Crippen LogP contribution >= 0.6 is 11.8 Å². The van der Waals surface area contributed by atoms with Crippen molar-refractivity contribution in [3.05, 3.63) is 70.3 Å². The summed E-state index contributed by atoms with van der Waals surface area (Å²) in [5, 5.41) is 23.9. The van der Waals surface area contributed by atoms with Crippen molar-refractivity contribution in [2.24, 2.45) is 10.2 Å². The van der Waals surface area contributed by atoms with Crippen LogP contribution in [0.15, 0.2) is 64.8 Å². The highest BCUT2D eigenvalue weighted by atomic mass is 32.2. The first-order valence-corrected chi connectivity index (χ1v) is 9.50. The van der Waals surface area contributed by atoms with E-state index in [4.69, 9.17) is 0 Å². The first-order chi connectivity index (χ1) is 13.9. The van der Waals surface area contributed by atoms with Gasteiger partial charge in [-0.2, -0.15) is 5.10 Å².